The van der Waals surface area contributed by atoms with Crippen LogP contribution in [0.5, 0.6) is 0 Å². The van der Waals surface area contributed by atoms with Crippen molar-refractivity contribution in [1.29, 1.82) is 0 Å². The molecule has 0 unspecified atom stereocenters. The fraction of sp³-hybridized carbons (Fsp3) is 0.429. The molecule has 128 valence electrons. The molecular formula is C14H16N4O4S2. The second-order valence-electron chi connectivity index (χ2n) is 5.48. The van der Waals surface area contributed by atoms with E-state index in [1.54, 1.807) is 31.5 Å². The van der Waals surface area contributed by atoms with Crippen molar-refractivity contribution in [2.24, 2.45) is 0 Å². The van der Waals surface area contributed by atoms with Gasteiger partial charge in [-0.3, -0.25) is 9.78 Å². The number of nitrogens with one attached hydrogen (secondary N) is 1. The smallest absolute Gasteiger partial charge is 0.277 e. The van der Waals surface area contributed by atoms with Crippen molar-refractivity contribution in [3.63, 3.8) is 0 Å². The topological polar surface area (TPSA) is 115 Å². The summed E-state index contributed by atoms with van der Waals surface area (Å²) in [5, 5.41) is 10.4. The molecule has 1 aliphatic heterocycles. The Labute approximate surface area is 143 Å². The average Bonchev–Trinajstić information content (AvgIpc) is 3.14. The van der Waals surface area contributed by atoms with E-state index in [9.17, 15) is 13.2 Å². The van der Waals surface area contributed by atoms with Crippen LogP contribution in [0.25, 0.3) is 11.5 Å². The number of carbonyl (C=O) groups is 1. The van der Waals surface area contributed by atoms with Gasteiger partial charge in [-0.05, 0) is 25.5 Å². The molecule has 3 rings (SSSR count). The van der Waals surface area contributed by atoms with E-state index in [4.69, 9.17) is 4.42 Å². The number of amides is 1. The Morgan fingerprint density at radius 1 is 1.46 bits per heavy atom. The minimum atomic E-state index is -3.02. The van der Waals surface area contributed by atoms with E-state index >= 15 is 0 Å². The number of hydrogen-bond acceptors (Lipinski definition) is 8. The van der Waals surface area contributed by atoms with E-state index < -0.39 is 15.1 Å². The van der Waals surface area contributed by atoms with Gasteiger partial charge >= 0.3 is 0 Å². The molecule has 0 aromatic carbocycles. The van der Waals surface area contributed by atoms with Crippen molar-refractivity contribution < 1.29 is 17.6 Å². The zero-order chi connectivity index (χ0) is 17.2. The third kappa shape index (κ3) is 4.12. The Kier molecular flexibility index (Phi) is 4.86. The molecule has 3 heterocycles. The standard InChI is InChI=1S/C14H16N4O4S2/c1-9(12(19)16-11-4-6-24(20,21)8-11)23-14-18-17-13(22-14)10-3-2-5-15-7-10/h2-3,5,7,9,11H,4,6,8H2,1H3,(H,16,19)/t9-,11+/m1/s1. The monoisotopic (exact) mass is 368 g/mol. The van der Waals surface area contributed by atoms with Gasteiger partial charge < -0.3 is 9.73 Å². The van der Waals surface area contributed by atoms with Gasteiger partial charge in [-0.1, -0.05) is 11.8 Å². The molecule has 2 atom stereocenters. The molecule has 0 radical (unpaired) electrons. The number of hydrogen-bond donors (Lipinski definition) is 1. The molecule has 0 aliphatic carbocycles. The summed E-state index contributed by atoms with van der Waals surface area (Å²) in [4.78, 5) is 16.1. The van der Waals surface area contributed by atoms with Crippen molar-refractivity contribution in [1.82, 2.24) is 20.5 Å². The van der Waals surface area contributed by atoms with Gasteiger partial charge in [0, 0.05) is 18.4 Å². The van der Waals surface area contributed by atoms with Gasteiger partial charge in [0.25, 0.3) is 5.22 Å². The van der Waals surface area contributed by atoms with E-state index in [0.29, 0.717) is 17.9 Å². The largest absolute Gasteiger partial charge is 0.411 e. The summed E-state index contributed by atoms with van der Waals surface area (Å²) in [5.74, 6) is 0.211. The predicted molar refractivity (Wildman–Crippen MR) is 88.0 cm³/mol. The summed E-state index contributed by atoms with van der Waals surface area (Å²) in [6, 6.07) is 3.24. The molecule has 2 aromatic rings. The van der Waals surface area contributed by atoms with E-state index in [2.05, 4.69) is 20.5 Å². The second-order valence-corrected chi connectivity index (χ2v) is 9.00. The van der Waals surface area contributed by atoms with Gasteiger partial charge in [0.15, 0.2) is 9.84 Å². The highest BCUT2D eigenvalue weighted by molar-refractivity contribution is 8.00. The molecule has 1 saturated heterocycles. The van der Waals surface area contributed by atoms with Gasteiger partial charge in [0.1, 0.15) is 0 Å². The number of sulfone groups is 1. The first-order valence-corrected chi connectivity index (χ1v) is 10.0. The SMILES string of the molecule is C[C@@H](Sc1nnc(-c2cccnc2)o1)C(=O)N[C@H]1CCS(=O)(=O)C1. The third-order valence-corrected chi connectivity index (χ3v) is 6.24. The number of pyridine rings is 1. The van der Waals surface area contributed by atoms with Gasteiger partial charge in [-0.25, -0.2) is 8.42 Å². The summed E-state index contributed by atoms with van der Waals surface area (Å²) < 4.78 is 28.4. The fourth-order valence-electron chi connectivity index (χ4n) is 2.30. The molecule has 1 aliphatic rings. The molecule has 1 N–H and O–H groups in total. The Balaban J connectivity index is 1.58. The molecule has 10 heteroatoms. The molecule has 0 spiro atoms. The van der Waals surface area contributed by atoms with Crippen LogP contribution >= 0.6 is 11.8 Å². The van der Waals surface area contributed by atoms with Crippen molar-refractivity contribution in [2.75, 3.05) is 11.5 Å². The lowest BCUT2D eigenvalue weighted by Crippen LogP contribution is -2.39. The molecule has 1 fully saturated rings. The highest BCUT2D eigenvalue weighted by Crippen LogP contribution is 2.26. The van der Waals surface area contributed by atoms with Crippen LogP contribution in [0.15, 0.2) is 34.2 Å². The Morgan fingerprint density at radius 3 is 2.96 bits per heavy atom. The van der Waals surface area contributed by atoms with Gasteiger partial charge in [0.2, 0.25) is 11.8 Å². The quantitative estimate of drug-likeness (QED) is 0.775. The lowest BCUT2D eigenvalue weighted by atomic mass is 10.2. The van der Waals surface area contributed by atoms with Crippen LogP contribution in [-0.2, 0) is 14.6 Å². The van der Waals surface area contributed by atoms with Gasteiger partial charge in [-0.2, -0.15) is 0 Å². The van der Waals surface area contributed by atoms with Crippen LogP contribution in [0.3, 0.4) is 0 Å². The summed E-state index contributed by atoms with van der Waals surface area (Å²) in [7, 11) is -3.02. The normalized spacial score (nSPS) is 20.6. The first kappa shape index (κ1) is 16.9. The minimum Gasteiger partial charge on any atom is -0.411 e. The zero-order valence-corrected chi connectivity index (χ0v) is 14.5. The first-order valence-electron chi connectivity index (χ1n) is 7.34. The lowest BCUT2D eigenvalue weighted by Gasteiger charge is -2.14. The first-order chi connectivity index (χ1) is 11.4. The molecular weight excluding hydrogens is 352 g/mol. The minimum absolute atomic E-state index is 0.00182. The molecule has 8 nitrogen and oxygen atoms in total. The second kappa shape index (κ2) is 6.89. The maximum atomic E-state index is 12.2. The van der Waals surface area contributed by atoms with Crippen LogP contribution in [0.1, 0.15) is 13.3 Å². The summed E-state index contributed by atoms with van der Waals surface area (Å²) in [5.41, 5.74) is 0.699. The Morgan fingerprint density at radius 2 is 2.29 bits per heavy atom. The van der Waals surface area contributed by atoms with E-state index in [1.807, 2.05) is 0 Å². The van der Waals surface area contributed by atoms with E-state index in [1.165, 1.54) is 0 Å². The van der Waals surface area contributed by atoms with Crippen molar-refractivity contribution in [3.05, 3.63) is 24.5 Å². The van der Waals surface area contributed by atoms with Crippen LogP contribution < -0.4 is 5.32 Å². The number of thioether (sulfide) groups is 1. The molecule has 2 aromatic heterocycles. The molecule has 0 saturated carbocycles. The van der Waals surface area contributed by atoms with Crippen molar-refractivity contribution >= 4 is 27.5 Å². The highest BCUT2D eigenvalue weighted by Gasteiger charge is 2.30. The Hall–Kier alpha value is -1.94. The molecule has 24 heavy (non-hydrogen) atoms. The van der Waals surface area contributed by atoms with Gasteiger partial charge in [-0.15, -0.1) is 10.2 Å². The third-order valence-electron chi connectivity index (χ3n) is 3.54. The number of carbonyl (C=O) groups excluding carboxylic acids is 1. The van der Waals surface area contributed by atoms with Gasteiger partial charge in [0.05, 0.1) is 22.3 Å². The van der Waals surface area contributed by atoms with Crippen LogP contribution in [0, 0.1) is 0 Å². The van der Waals surface area contributed by atoms with Crippen LogP contribution in [0.4, 0.5) is 0 Å². The maximum absolute atomic E-state index is 12.2. The molecule has 1 amide bonds. The maximum Gasteiger partial charge on any atom is 0.277 e. The highest BCUT2D eigenvalue weighted by atomic mass is 32.2. The number of nitrogens with zero attached hydrogens (tertiary/aromatic N) is 3. The lowest BCUT2D eigenvalue weighted by molar-refractivity contribution is -0.120. The predicted octanol–water partition coefficient (Wildman–Crippen LogP) is 0.915. The summed E-state index contributed by atoms with van der Waals surface area (Å²) in [6.07, 6.45) is 3.71. The summed E-state index contributed by atoms with van der Waals surface area (Å²) in [6.45, 7) is 1.71. The van der Waals surface area contributed by atoms with Crippen molar-refractivity contribution in [3.8, 4) is 11.5 Å². The Bertz CT molecular complexity index is 822. The number of aromatic nitrogens is 3. The average molecular weight is 368 g/mol. The van der Waals surface area contributed by atoms with E-state index in [-0.39, 0.29) is 28.7 Å². The van der Waals surface area contributed by atoms with Crippen molar-refractivity contribution in [2.45, 2.75) is 29.9 Å². The van der Waals surface area contributed by atoms with E-state index in [0.717, 1.165) is 11.8 Å². The van der Waals surface area contributed by atoms with Crippen LogP contribution in [0.2, 0.25) is 0 Å². The fourth-order valence-corrected chi connectivity index (χ4v) is 4.66. The number of rotatable bonds is 5. The van der Waals surface area contributed by atoms with Crippen LogP contribution in [-0.4, -0.2) is 52.3 Å². The summed E-state index contributed by atoms with van der Waals surface area (Å²) >= 11 is 1.13. The zero-order valence-electron chi connectivity index (χ0n) is 12.9. The molecule has 0 bridgehead atoms.